The number of nitrogens with zero attached hydrogens (tertiary/aromatic N) is 2. The van der Waals surface area contributed by atoms with Crippen molar-refractivity contribution in [2.75, 3.05) is 13.7 Å². The molecule has 0 N–H and O–H groups in total. The molecule has 132 valence electrons. The van der Waals surface area contributed by atoms with Gasteiger partial charge in [0.15, 0.2) is 17.3 Å². The molecule has 5 heteroatoms. The van der Waals surface area contributed by atoms with Gasteiger partial charge in [0, 0.05) is 6.54 Å². The average molecular weight is 364 g/mol. The van der Waals surface area contributed by atoms with Gasteiger partial charge >= 0.3 is 0 Å². The number of hydrogen-bond acceptors (Lipinski definition) is 4. The zero-order chi connectivity index (χ0) is 17.8. The van der Waals surface area contributed by atoms with Crippen LogP contribution < -0.4 is 9.47 Å². The van der Waals surface area contributed by atoms with Crippen LogP contribution in [0.1, 0.15) is 6.42 Å². The maximum atomic E-state index is 5.91. The smallest absolute Gasteiger partial charge is 0.161 e. The summed E-state index contributed by atoms with van der Waals surface area (Å²) in [5.74, 6) is 2.57. The third-order valence-corrected chi connectivity index (χ3v) is 5.11. The molecule has 0 aliphatic rings. The molecule has 0 bridgehead atoms. The summed E-state index contributed by atoms with van der Waals surface area (Å²) in [4.78, 5) is 6.02. The van der Waals surface area contributed by atoms with E-state index in [-0.39, 0.29) is 0 Å². The summed E-state index contributed by atoms with van der Waals surface area (Å²) in [5.41, 5.74) is 2.19. The quantitative estimate of drug-likeness (QED) is 0.421. The summed E-state index contributed by atoms with van der Waals surface area (Å²) in [7, 11) is 1.66. The van der Waals surface area contributed by atoms with Crippen LogP contribution in [0, 0.1) is 0 Å². The van der Waals surface area contributed by atoms with E-state index in [1.54, 1.807) is 18.4 Å². The van der Waals surface area contributed by atoms with Gasteiger partial charge in [0.25, 0.3) is 0 Å². The van der Waals surface area contributed by atoms with E-state index in [1.807, 2.05) is 30.3 Å². The zero-order valence-corrected chi connectivity index (χ0v) is 15.4. The van der Waals surface area contributed by atoms with Crippen LogP contribution in [0.25, 0.3) is 21.7 Å². The number of methoxy groups -OCH3 is 1. The Morgan fingerprint density at radius 1 is 0.962 bits per heavy atom. The maximum Gasteiger partial charge on any atom is 0.161 e. The minimum absolute atomic E-state index is 0.622. The molecule has 2 aromatic heterocycles. The van der Waals surface area contributed by atoms with Crippen LogP contribution in [0.5, 0.6) is 11.5 Å². The SMILES string of the molecule is COc1ccccc1OCCCn1c(-c2cccs2)nc2ccccc21. The second kappa shape index (κ2) is 7.62. The lowest BCUT2D eigenvalue weighted by atomic mass is 10.3. The van der Waals surface area contributed by atoms with Gasteiger partial charge in [-0.3, -0.25) is 0 Å². The molecule has 0 aliphatic carbocycles. The summed E-state index contributed by atoms with van der Waals surface area (Å²) < 4.78 is 13.5. The average Bonchev–Trinajstić information content (AvgIpc) is 3.33. The number of rotatable bonds is 7. The van der Waals surface area contributed by atoms with Crippen LogP contribution >= 0.6 is 11.3 Å². The van der Waals surface area contributed by atoms with E-state index in [0.29, 0.717) is 6.61 Å². The summed E-state index contributed by atoms with van der Waals surface area (Å²) in [6, 6.07) is 20.2. The van der Waals surface area contributed by atoms with Crippen molar-refractivity contribution in [1.29, 1.82) is 0 Å². The summed E-state index contributed by atoms with van der Waals surface area (Å²) in [5, 5.41) is 2.09. The van der Waals surface area contributed by atoms with Crippen molar-refractivity contribution >= 4 is 22.4 Å². The van der Waals surface area contributed by atoms with Gasteiger partial charge in [-0.05, 0) is 42.1 Å². The molecule has 26 heavy (non-hydrogen) atoms. The highest BCUT2D eigenvalue weighted by atomic mass is 32.1. The van der Waals surface area contributed by atoms with Gasteiger partial charge in [-0.15, -0.1) is 11.3 Å². The molecule has 4 aromatic rings. The molecule has 0 saturated carbocycles. The molecule has 0 fully saturated rings. The summed E-state index contributed by atoms with van der Waals surface area (Å²) in [6.45, 7) is 1.47. The summed E-state index contributed by atoms with van der Waals surface area (Å²) >= 11 is 1.72. The van der Waals surface area contributed by atoms with Crippen LogP contribution in [-0.4, -0.2) is 23.3 Å². The second-order valence-electron chi connectivity index (χ2n) is 5.91. The molecule has 0 amide bonds. The number of imidazole rings is 1. The Morgan fingerprint density at radius 3 is 2.58 bits per heavy atom. The van der Waals surface area contributed by atoms with E-state index in [0.717, 1.165) is 41.3 Å². The maximum absolute atomic E-state index is 5.91. The minimum atomic E-state index is 0.622. The van der Waals surface area contributed by atoms with Gasteiger partial charge < -0.3 is 14.0 Å². The highest BCUT2D eigenvalue weighted by molar-refractivity contribution is 7.13. The van der Waals surface area contributed by atoms with E-state index in [1.165, 1.54) is 4.88 Å². The molecule has 0 saturated heterocycles. The third-order valence-electron chi connectivity index (χ3n) is 4.25. The normalized spacial score (nSPS) is 11.0. The van der Waals surface area contributed by atoms with Gasteiger partial charge in [-0.2, -0.15) is 0 Å². The molecule has 0 atom stereocenters. The third kappa shape index (κ3) is 3.30. The lowest BCUT2D eigenvalue weighted by Crippen LogP contribution is -2.06. The number of thiophene rings is 1. The van der Waals surface area contributed by atoms with Crippen molar-refractivity contribution in [2.45, 2.75) is 13.0 Å². The first-order valence-corrected chi connectivity index (χ1v) is 9.50. The lowest BCUT2D eigenvalue weighted by molar-refractivity contribution is 0.283. The molecule has 4 rings (SSSR count). The number of fused-ring (bicyclic) bond motifs is 1. The van der Waals surface area contributed by atoms with Crippen molar-refractivity contribution in [2.24, 2.45) is 0 Å². The monoisotopic (exact) mass is 364 g/mol. The fourth-order valence-corrected chi connectivity index (χ4v) is 3.76. The fraction of sp³-hybridized carbons (Fsp3) is 0.190. The predicted molar refractivity (Wildman–Crippen MR) is 106 cm³/mol. The van der Waals surface area contributed by atoms with Crippen LogP contribution in [0.15, 0.2) is 66.0 Å². The van der Waals surface area contributed by atoms with Crippen molar-refractivity contribution in [3.05, 3.63) is 66.0 Å². The Balaban J connectivity index is 1.51. The Morgan fingerprint density at radius 2 is 1.77 bits per heavy atom. The van der Waals surface area contributed by atoms with Crippen LogP contribution in [0.4, 0.5) is 0 Å². The van der Waals surface area contributed by atoms with Gasteiger partial charge in [0.05, 0.1) is 29.6 Å². The number of ether oxygens (including phenoxy) is 2. The topological polar surface area (TPSA) is 36.3 Å². The Kier molecular flexibility index (Phi) is 4.88. The lowest BCUT2D eigenvalue weighted by Gasteiger charge is -2.12. The zero-order valence-electron chi connectivity index (χ0n) is 14.6. The molecule has 2 aromatic carbocycles. The fourth-order valence-electron chi connectivity index (χ4n) is 3.04. The Bertz CT molecular complexity index is 992. The van der Waals surface area contributed by atoms with Gasteiger partial charge in [-0.1, -0.05) is 30.3 Å². The minimum Gasteiger partial charge on any atom is -0.493 e. The highest BCUT2D eigenvalue weighted by Crippen LogP contribution is 2.29. The van der Waals surface area contributed by atoms with Crippen molar-refractivity contribution < 1.29 is 9.47 Å². The first-order chi connectivity index (χ1) is 12.9. The van der Waals surface area contributed by atoms with Crippen LogP contribution in [0.3, 0.4) is 0 Å². The first-order valence-electron chi connectivity index (χ1n) is 8.62. The summed E-state index contributed by atoms with van der Waals surface area (Å²) in [6.07, 6.45) is 0.886. The number of hydrogen-bond donors (Lipinski definition) is 0. The van der Waals surface area contributed by atoms with E-state index < -0.39 is 0 Å². The molecule has 0 spiro atoms. The first kappa shape index (κ1) is 16.7. The van der Waals surface area contributed by atoms with Gasteiger partial charge in [-0.25, -0.2) is 4.98 Å². The van der Waals surface area contributed by atoms with E-state index in [2.05, 4.69) is 40.3 Å². The van der Waals surface area contributed by atoms with E-state index in [9.17, 15) is 0 Å². The van der Waals surface area contributed by atoms with E-state index >= 15 is 0 Å². The van der Waals surface area contributed by atoms with Crippen molar-refractivity contribution in [3.63, 3.8) is 0 Å². The largest absolute Gasteiger partial charge is 0.493 e. The van der Waals surface area contributed by atoms with Crippen LogP contribution in [0.2, 0.25) is 0 Å². The molecular formula is C21H20N2O2S. The van der Waals surface area contributed by atoms with E-state index in [4.69, 9.17) is 14.5 Å². The number of aromatic nitrogens is 2. The van der Waals surface area contributed by atoms with Crippen LogP contribution in [-0.2, 0) is 6.54 Å². The molecular weight excluding hydrogens is 344 g/mol. The van der Waals surface area contributed by atoms with Crippen molar-refractivity contribution in [3.8, 4) is 22.2 Å². The highest BCUT2D eigenvalue weighted by Gasteiger charge is 2.13. The standard InChI is InChI=1S/C21H20N2O2S/c1-24-18-10-4-5-11-19(18)25-14-7-13-23-17-9-3-2-8-16(17)22-21(23)20-12-6-15-26-20/h2-6,8-12,15H,7,13-14H2,1H3. The molecule has 4 nitrogen and oxygen atoms in total. The van der Waals surface area contributed by atoms with Crippen molar-refractivity contribution in [1.82, 2.24) is 9.55 Å². The number of para-hydroxylation sites is 4. The van der Waals surface area contributed by atoms with Gasteiger partial charge in [0.2, 0.25) is 0 Å². The molecule has 2 heterocycles. The molecule has 0 radical (unpaired) electrons. The molecule has 0 unspecified atom stereocenters. The Labute approximate surface area is 156 Å². The Hall–Kier alpha value is -2.79. The number of aryl methyl sites for hydroxylation is 1. The second-order valence-corrected chi connectivity index (χ2v) is 6.85. The van der Waals surface area contributed by atoms with Gasteiger partial charge in [0.1, 0.15) is 0 Å². The molecule has 0 aliphatic heterocycles. The number of benzene rings is 2. The predicted octanol–water partition coefficient (Wildman–Crippen LogP) is 5.24.